The van der Waals surface area contributed by atoms with Crippen LogP contribution in [0.5, 0.6) is 5.88 Å². The van der Waals surface area contributed by atoms with Gasteiger partial charge in [-0.2, -0.15) is 5.10 Å². The van der Waals surface area contributed by atoms with Crippen molar-refractivity contribution in [3.05, 3.63) is 30.5 Å². The highest BCUT2D eigenvalue weighted by Gasteiger charge is 2.24. The maximum Gasteiger partial charge on any atom is 0.317 e. The van der Waals surface area contributed by atoms with Crippen LogP contribution in [0.15, 0.2) is 30.5 Å². The molecule has 0 radical (unpaired) electrons. The highest BCUT2D eigenvalue weighted by Crippen LogP contribution is 2.24. The number of nitrogens with one attached hydrogen (secondary N) is 1. The quantitative estimate of drug-likeness (QED) is 0.943. The van der Waals surface area contributed by atoms with E-state index in [1.54, 1.807) is 6.20 Å². The van der Waals surface area contributed by atoms with Gasteiger partial charge in [0, 0.05) is 43.2 Å². The van der Waals surface area contributed by atoms with Gasteiger partial charge in [-0.05, 0) is 13.0 Å². The Bertz CT molecular complexity index is 648. The van der Waals surface area contributed by atoms with Crippen molar-refractivity contribution in [1.82, 2.24) is 20.4 Å². The zero-order valence-corrected chi connectivity index (χ0v) is 12.7. The number of hydrogen-bond acceptors (Lipinski definition) is 4. The minimum atomic E-state index is 0.00547. The van der Waals surface area contributed by atoms with Crippen molar-refractivity contribution in [3.63, 3.8) is 0 Å². The fraction of sp³-hybridized carbons (Fsp3) is 0.438. The van der Waals surface area contributed by atoms with Crippen LogP contribution < -0.4 is 10.1 Å². The standard InChI is InChI=1S/C16H20N4O2/c1-2-17-16(21)20-9-7-13(8-10-20)22-15-14-6-4-3-5-12(14)11-18-19-15/h3-6,11,13H,2,7-10H2,1H3,(H,17,21). The maximum atomic E-state index is 11.8. The Hall–Kier alpha value is -2.37. The van der Waals surface area contributed by atoms with Gasteiger partial charge in [0.15, 0.2) is 0 Å². The second-order valence-corrected chi connectivity index (χ2v) is 5.38. The number of benzene rings is 1. The largest absolute Gasteiger partial charge is 0.473 e. The lowest BCUT2D eigenvalue weighted by Gasteiger charge is -2.31. The monoisotopic (exact) mass is 300 g/mol. The van der Waals surface area contributed by atoms with Crippen LogP contribution in [0, 0.1) is 0 Å². The summed E-state index contributed by atoms with van der Waals surface area (Å²) in [7, 11) is 0. The molecule has 2 amide bonds. The number of nitrogens with zero attached hydrogens (tertiary/aromatic N) is 3. The van der Waals surface area contributed by atoms with E-state index in [2.05, 4.69) is 15.5 Å². The topological polar surface area (TPSA) is 67.4 Å². The molecule has 2 heterocycles. The van der Waals surface area contributed by atoms with Crippen LogP contribution in [0.1, 0.15) is 19.8 Å². The van der Waals surface area contributed by atoms with Gasteiger partial charge in [-0.15, -0.1) is 5.10 Å². The predicted molar refractivity (Wildman–Crippen MR) is 83.8 cm³/mol. The number of carbonyl (C=O) groups is 1. The summed E-state index contributed by atoms with van der Waals surface area (Å²) in [4.78, 5) is 13.6. The van der Waals surface area contributed by atoms with Crippen molar-refractivity contribution < 1.29 is 9.53 Å². The number of amides is 2. The average Bonchev–Trinajstić information content (AvgIpc) is 2.56. The van der Waals surface area contributed by atoms with Gasteiger partial charge in [-0.1, -0.05) is 18.2 Å². The molecule has 0 atom stereocenters. The molecule has 6 heteroatoms. The van der Waals surface area contributed by atoms with E-state index in [9.17, 15) is 4.79 Å². The Balaban J connectivity index is 1.64. The molecule has 1 fully saturated rings. The fourth-order valence-electron chi connectivity index (χ4n) is 2.69. The lowest BCUT2D eigenvalue weighted by molar-refractivity contribution is 0.108. The Morgan fingerprint density at radius 1 is 1.36 bits per heavy atom. The first-order chi connectivity index (χ1) is 10.8. The number of rotatable bonds is 3. The van der Waals surface area contributed by atoms with Gasteiger partial charge in [0.1, 0.15) is 6.10 Å². The minimum Gasteiger partial charge on any atom is -0.473 e. The minimum absolute atomic E-state index is 0.00547. The molecular weight excluding hydrogens is 280 g/mol. The zero-order chi connectivity index (χ0) is 15.4. The van der Waals surface area contributed by atoms with Crippen molar-refractivity contribution in [2.24, 2.45) is 0 Å². The molecular formula is C16H20N4O2. The maximum absolute atomic E-state index is 11.8. The molecule has 0 unspecified atom stereocenters. The molecule has 1 N–H and O–H groups in total. The third-order valence-corrected chi connectivity index (χ3v) is 3.87. The molecule has 0 spiro atoms. The van der Waals surface area contributed by atoms with Gasteiger partial charge in [0.25, 0.3) is 0 Å². The Labute approximate surface area is 129 Å². The summed E-state index contributed by atoms with van der Waals surface area (Å²) in [5, 5.41) is 12.9. The summed E-state index contributed by atoms with van der Waals surface area (Å²) in [5.41, 5.74) is 0. The molecule has 2 aromatic rings. The molecule has 6 nitrogen and oxygen atoms in total. The Kier molecular flexibility index (Phi) is 4.37. The number of ether oxygens (including phenoxy) is 1. The van der Waals surface area contributed by atoms with Crippen LogP contribution in [-0.4, -0.2) is 46.9 Å². The summed E-state index contributed by atoms with van der Waals surface area (Å²) in [6.07, 6.45) is 3.43. The van der Waals surface area contributed by atoms with Gasteiger partial charge >= 0.3 is 6.03 Å². The van der Waals surface area contributed by atoms with Crippen LogP contribution >= 0.6 is 0 Å². The molecule has 1 saturated heterocycles. The molecule has 1 aromatic carbocycles. The third kappa shape index (κ3) is 3.10. The summed E-state index contributed by atoms with van der Waals surface area (Å²) < 4.78 is 6.02. The van der Waals surface area contributed by atoms with Gasteiger partial charge in [0.05, 0.1) is 6.20 Å². The van der Waals surface area contributed by atoms with Crippen LogP contribution in [0.4, 0.5) is 4.79 Å². The molecule has 0 saturated carbocycles. The fourth-order valence-corrected chi connectivity index (χ4v) is 2.69. The van der Waals surface area contributed by atoms with Crippen molar-refractivity contribution in [2.45, 2.75) is 25.9 Å². The predicted octanol–water partition coefficient (Wildman–Crippen LogP) is 2.20. The van der Waals surface area contributed by atoms with Crippen molar-refractivity contribution in [3.8, 4) is 5.88 Å². The van der Waals surface area contributed by atoms with Crippen LogP contribution in [-0.2, 0) is 0 Å². The molecule has 0 aliphatic carbocycles. The molecule has 1 aromatic heterocycles. The summed E-state index contributed by atoms with van der Waals surface area (Å²) in [5.74, 6) is 0.578. The number of aromatic nitrogens is 2. The molecule has 0 bridgehead atoms. The van der Waals surface area contributed by atoms with E-state index in [4.69, 9.17) is 4.74 Å². The number of carbonyl (C=O) groups excluding carboxylic acids is 1. The van der Waals surface area contributed by atoms with E-state index in [1.807, 2.05) is 36.1 Å². The lowest BCUT2D eigenvalue weighted by atomic mass is 10.1. The molecule has 116 valence electrons. The first-order valence-corrected chi connectivity index (χ1v) is 7.68. The summed E-state index contributed by atoms with van der Waals surface area (Å²) in [6, 6.07) is 7.93. The highest BCUT2D eigenvalue weighted by molar-refractivity contribution is 5.85. The van der Waals surface area contributed by atoms with Gasteiger partial charge < -0.3 is 15.0 Å². The zero-order valence-electron chi connectivity index (χ0n) is 12.7. The average molecular weight is 300 g/mol. The summed E-state index contributed by atoms with van der Waals surface area (Å²) in [6.45, 7) is 3.98. The van der Waals surface area contributed by atoms with E-state index in [0.717, 1.165) is 23.6 Å². The van der Waals surface area contributed by atoms with Crippen molar-refractivity contribution in [2.75, 3.05) is 19.6 Å². The normalized spacial score (nSPS) is 15.8. The van der Waals surface area contributed by atoms with E-state index >= 15 is 0 Å². The third-order valence-electron chi connectivity index (χ3n) is 3.87. The Morgan fingerprint density at radius 2 is 2.14 bits per heavy atom. The molecule has 1 aliphatic rings. The number of fused-ring (bicyclic) bond motifs is 1. The van der Waals surface area contributed by atoms with Gasteiger partial charge in [-0.3, -0.25) is 0 Å². The van der Waals surface area contributed by atoms with E-state index < -0.39 is 0 Å². The van der Waals surface area contributed by atoms with E-state index in [-0.39, 0.29) is 12.1 Å². The van der Waals surface area contributed by atoms with Gasteiger partial charge in [-0.25, -0.2) is 4.79 Å². The number of piperidine rings is 1. The Morgan fingerprint density at radius 3 is 2.91 bits per heavy atom. The second-order valence-electron chi connectivity index (χ2n) is 5.38. The SMILES string of the molecule is CCNC(=O)N1CCC(Oc2nncc3ccccc23)CC1. The molecule has 3 rings (SSSR count). The van der Waals surface area contributed by atoms with Gasteiger partial charge in [0.2, 0.25) is 5.88 Å². The first-order valence-electron chi connectivity index (χ1n) is 7.68. The first kappa shape index (κ1) is 14.6. The number of likely N-dealkylation sites (tertiary alicyclic amines) is 1. The molecule has 22 heavy (non-hydrogen) atoms. The van der Waals surface area contributed by atoms with Crippen LogP contribution in [0.2, 0.25) is 0 Å². The highest BCUT2D eigenvalue weighted by atomic mass is 16.5. The van der Waals surface area contributed by atoms with E-state index in [1.165, 1.54) is 0 Å². The number of hydrogen-bond donors (Lipinski definition) is 1. The van der Waals surface area contributed by atoms with E-state index in [0.29, 0.717) is 25.5 Å². The molecule has 1 aliphatic heterocycles. The lowest BCUT2D eigenvalue weighted by Crippen LogP contribution is -2.46. The smallest absolute Gasteiger partial charge is 0.317 e. The van der Waals surface area contributed by atoms with Crippen molar-refractivity contribution >= 4 is 16.8 Å². The van der Waals surface area contributed by atoms with Crippen LogP contribution in [0.25, 0.3) is 10.8 Å². The van der Waals surface area contributed by atoms with Crippen LogP contribution in [0.3, 0.4) is 0 Å². The second kappa shape index (κ2) is 6.60. The summed E-state index contributed by atoms with van der Waals surface area (Å²) >= 11 is 0. The van der Waals surface area contributed by atoms with Crippen molar-refractivity contribution in [1.29, 1.82) is 0 Å². The number of urea groups is 1.